The van der Waals surface area contributed by atoms with E-state index >= 15 is 0 Å². The number of nitriles is 2. The standard InChI is InChI=1S/C26H42N8/c1-19(31-17-27)29-15-25(7)11-21(9-23(3,4)13-25)33-34-22-10-24(5,6)14-26(8,12-22)16-30-20(2)32-18-28/h9-16H2,1-8H3,(H,29,31)(H,30,32)/b33-21-,34-22+. The molecule has 8 heteroatoms. The fourth-order valence-electron chi connectivity index (χ4n) is 6.14. The average Bonchev–Trinajstić information content (AvgIpc) is 2.67. The number of hydrogen-bond acceptors (Lipinski definition) is 6. The van der Waals surface area contributed by atoms with Crippen molar-refractivity contribution in [3.05, 3.63) is 0 Å². The van der Waals surface area contributed by atoms with Gasteiger partial charge in [0.2, 0.25) is 0 Å². The van der Waals surface area contributed by atoms with Gasteiger partial charge >= 0.3 is 0 Å². The Kier molecular flexibility index (Phi) is 8.64. The number of aliphatic imine (C=N–C) groups is 2. The molecule has 2 fully saturated rings. The second-order valence-corrected chi connectivity index (χ2v) is 12.6. The fourth-order valence-corrected chi connectivity index (χ4v) is 6.14. The first-order valence-electron chi connectivity index (χ1n) is 12.1. The number of nitrogens with zero attached hydrogens (tertiary/aromatic N) is 6. The van der Waals surface area contributed by atoms with Crippen LogP contribution in [0.2, 0.25) is 0 Å². The van der Waals surface area contributed by atoms with E-state index in [4.69, 9.17) is 20.7 Å². The summed E-state index contributed by atoms with van der Waals surface area (Å²) in [6, 6.07) is 0. The molecule has 0 bridgehead atoms. The maximum absolute atomic E-state index is 8.82. The molecule has 2 aliphatic carbocycles. The lowest BCUT2D eigenvalue weighted by molar-refractivity contribution is 0.169. The van der Waals surface area contributed by atoms with Gasteiger partial charge in [0, 0.05) is 24.5 Å². The van der Waals surface area contributed by atoms with E-state index in [2.05, 4.69) is 62.2 Å². The van der Waals surface area contributed by atoms with Gasteiger partial charge in [-0.3, -0.25) is 20.6 Å². The Bertz CT molecular complexity index is 878. The molecule has 0 spiro atoms. The molecule has 2 aliphatic rings. The predicted octanol–water partition coefficient (Wildman–Crippen LogP) is 5.19. The third-order valence-electron chi connectivity index (χ3n) is 6.64. The molecule has 2 N–H and O–H groups in total. The molecule has 8 nitrogen and oxygen atoms in total. The van der Waals surface area contributed by atoms with E-state index in [0.717, 1.165) is 49.9 Å². The van der Waals surface area contributed by atoms with Gasteiger partial charge in [0.15, 0.2) is 12.4 Å². The van der Waals surface area contributed by atoms with Crippen LogP contribution in [0.15, 0.2) is 20.2 Å². The summed E-state index contributed by atoms with van der Waals surface area (Å²) in [4.78, 5) is 9.20. The van der Waals surface area contributed by atoms with Crippen molar-refractivity contribution in [3.63, 3.8) is 0 Å². The van der Waals surface area contributed by atoms with Crippen molar-refractivity contribution in [2.75, 3.05) is 13.1 Å². The van der Waals surface area contributed by atoms with E-state index < -0.39 is 0 Å². The Labute approximate surface area is 205 Å². The minimum Gasteiger partial charge on any atom is -0.281 e. The summed E-state index contributed by atoms with van der Waals surface area (Å²) in [5.74, 6) is 1.30. The number of nitrogens with one attached hydrogen (secondary N) is 2. The Balaban J connectivity index is 2.23. The Hall–Kier alpha value is -2.74. The second kappa shape index (κ2) is 10.7. The molecule has 0 amide bonds. The normalized spacial score (nSPS) is 31.6. The molecule has 2 saturated carbocycles. The smallest absolute Gasteiger partial charge is 0.182 e. The molecule has 34 heavy (non-hydrogen) atoms. The number of rotatable bonds is 5. The molecular weight excluding hydrogens is 424 g/mol. The molecule has 0 radical (unpaired) electrons. The first-order chi connectivity index (χ1) is 15.7. The summed E-state index contributed by atoms with van der Waals surface area (Å²) >= 11 is 0. The van der Waals surface area contributed by atoms with Gasteiger partial charge < -0.3 is 0 Å². The van der Waals surface area contributed by atoms with Gasteiger partial charge in [-0.15, -0.1) is 0 Å². The summed E-state index contributed by atoms with van der Waals surface area (Å²) in [5.41, 5.74) is 2.48. The zero-order valence-corrected chi connectivity index (χ0v) is 22.3. The highest BCUT2D eigenvalue weighted by molar-refractivity contribution is 5.90. The van der Waals surface area contributed by atoms with Crippen LogP contribution in [0.25, 0.3) is 0 Å². The molecule has 0 aromatic rings. The van der Waals surface area contributed by atoms with Crippen molar-refractivity contribution in [1.29, 1.82) is 10.5 Å². The van der Waals surface area contributed by atoms with Gasteiger partial charge in [-0.2, -0.15) is 20.7 Å². The first kappa shape index (κ1) is 27.5. The molecule has 0 heterocycles. The minimum absolute atomic E-state index is 0.0144. The molecule has 186 valence electrons. The molecule has 2 atom stereocenters. The van der Waals surface area contributed by atoms with Crippen molar-refractivity contribution in [2.45, 2.75) is 93.9 Å². The van der Waals surface area contributed by atoms with Crippen molar-refractivity contribution >= 4 is 23.1 Å². The molecule has 0 aromatic heterocycles. The van der Waals surface area contributed by atoms with E-state index in [0.29, 0.717) is 24.8 Å². The zero-order valence-electron chi connectivity index (χ0n) is 22.3. The SMILES string of the molecule is CC(=NCC1(C)C/C(=N\N=C2/CC(C)(C)CC(C)(CN=C(C)NC#N)C2)CC(C)(C)C1)NC#N. The van der Waals surface area contributed by atoms with E-state index in [-0.39, 0.29) is 21.7 Å². The Morgan fingerprint density at radius 1 is 0.706 bits per heavy atom. The van der Waals surface area contributed by atoms with Gasteiger partial charge in [0.05, 0.1) is 0 Å². The maximum atomic E-state index is 8.82. The van der Waals surface area contributed by atoms with E-state index in [1.54, 1.807) is 0 Å². The largest absolute Gasteiger partial charge is 0.281 e. The first-order valence-corrected chi connectivity index (χ1v) is 12.1. The fraction of sp³-hybridized carbons (Fsp3) is 0.769. The second-order valence-electron chi connectivity index (χ2n) is 12.6. The molecule has 2 unspecified atom stereocenters. The van der Waals surface area contributed by atoms with Crippen LogP contribution in [0.1, 0.15) is 93.9 Å². The van der Waals surface area contributed by atoms with Crippen molar-refractivity contribution < 1.29 is 0 Å². The monoisotopic (exact) mass is 466 g/mol. The molecule has 2 rings (SSSR count). The Morgan fingerprint density at radius 2 is 1.06 bits per heavy atom. The number of amidine groups is 2. The van der Waals surface area contributed by atoms with Crippen LogP contribution in [0.5, 0.6) is 0 Å². The summed E-state index contributed by atoms with van der Waals surface area (Å²) in [6.45, 7) is 18.6. The van der Waals surface area contributed by atoms with Gasteiger partial charge in [-0.05, 0) is 74.0 Å². The van der Waals surface area contributed by atoms with Crippen molar-refractivity contribution in [3.8, 4) is 12.4 Å². The molecule has 0 aromatic carbocycles. The van der Waals surface area contributed by atoms with Crippen LogP contribution in [0.3, 0.4) is 0 Å². The van der Waals surface area contributed by atoms with E-state index in [9.17, 15) is 0 Å². The molecule has 0 saturated heterocycles. The van der Waals surface area contributed by atoms with Crippen LogP contribution in [-0.4, -0.2) is 36.2 Å². The Morgan fingerprint density at radius 3 is 1.38 bits per heavy atom. The van der Waals surface area contributed by atoms with Gasteiger partial charge in [-0.25, -0.2) is 0 Å². The van der Waals surface area contributed by atoms with E-state index in [1.807, 2.05) is 26.2 Å². The zero-order chi connectivity index (χ0) is 25.6. The van der Waals surface area contributed by atoms with Crippen LogP contribution in [0.4, 0.5) is 0 Å². The maximum Gasteiger partial charge on any atom is 0.182 e. The van der Waals surface area contributed by atoms with E-state index in [1.165, 1.54) is 0 Å². The van der Waals surface area contributed by atoms with Gasteiger partial charge in [0.1, 0.15) is 11.7 Å². The van der Waals surface area contributed by atoms with Crippen molar-refractivity contribution in [1.82, 2.24) is 10.6 Å². The van der Waals surface area contributed by atoms with Gasteiger partial charge in [0.25, 0.3) is 0 Å². The topological polar surface area (TPSA) is 121 Å². The molecular formula is C26H42N8. The van der Waals surface area contributed by atoms with Crippen LogP contribution < -0.4 is 10.6 Å². The van der Waals surface area contributed by atoms with Gasteiger partial charge in [-0.1, -0.05) is 41.5 Å². The summed E-state index contributed by atoms with van der Waals surface area (Å²) in [7, 11) is 0. The van der Waals surface area contributed by atoms with Crippen molar-refractivity contribution in [2.24, 2.45) is 41.8 Å². The highest BCUT2D eigenvalue weighted by Crippen LogP contribution is 2.46. The third-order valence-corrected chi connectivity index (χ3v) is 6.64. The predicted molar refractivity (Wildman–Crippen MR) is 140 cm³/mol. The summed E-state index contributed by atoms with van der Waals surface area (Å²) < 4.78 is 0. The highest BCUT2D eigenvalue weighted by Gasteiger charge is 2.41. The quantitative estimate of drug-likeness (QED) is 0.190. The average molecular weight is 467 g/mol. The van der Waals surface area contributed by atoms with Crippen LogP contribution >= 0.6 is 0 Å². The highest BCUT2D eigenvalue weighted by atomic mass is 15.2. The molecule has 0 aliphatic heterocycles. The van der Waals surface area contributed by atoms with Crippen LogP contribution in [0, 0.1) is 44.6 Å². The lowest BCUT2D eigenvalue weighted by Crippen LogP contribution is -2.39. The third kappa shape index (κ3) is 8.56. The summed E-state index contributed by atoms with van der Waals surface area (Å²) in [6.07, 6.45) is 9.57. The number of hydrogen-bond donors (Lipinski definition) is 2. The lowest BCUT2D eigenvalue weighted by atomic mass is 9.63. The lowest BCUT2D eigenvalue weighted by Gasteiger charge is -2.43. The summed E-state index contributed by atoms with van der Waals surface area (Å²) in [5, 5.41) is 32.5. The van der Waals surface area contributed by atoms with Crippen LogP contribution in [-0.2, 0) is 0 Å². The minimum atomic E-state index is -0.0144.